The van der Waals surface area contributed by atoms with Crippen LogP contribution in [-0.4, -0.2) is 33.3 Å². The van der Waals surface area contributed by atoms with E-state index in [1.54, 1.807) is 43.9 Å². The number of aliphatic imine (C=N–C) groups is 1. The minimum atomic E-state index is -0.645. The van der Waals surface area contributed by atoms with Crippen molar-refractivity contribution in [2.75, 3.05) is 0 Å². The molecule has 26 heavy (non-hydrogen) atoms. The van der Waals surface area contributed by atoms with Crippen LogP contribution in [0.2, 0.25) is 10.0 Å². The number of halogens is 2. The minimum absolute atomic E-state index is 0.104. The molecule has 2 aliphatic heterocycles. The van der Waals surface area contributed by atoms with Crippen molar-refractivity contribution in [2.24, 2.45) is 4.99 Å². The second-order valence-corrected chi connectivity index (χ2v) is 8.51. The number of amides is 1. The van der Waals surface area contributed by atoms with E-state index in [1.165, 1.54) is 11.8 Å². The zero-order chi connectivity index (χ0) is 19.2. The minimum Gasteiger partial charge on any atom is -0.459 e. The molecule has 1 saturated heterocycles. The maximum atomic E-state index is 12.8. The zero-order valence-electron chi connectivity index (χ0n) is 14.7. The van der Waals surface area contributed by atoms with Gasteiger partial charge in [0.15, 0.2) is 5.17 Å². The number of carbonyl (C=O) groups is 2. The molecular formula is C18H18Cl2N2O3S. The predicted molar refractivity (Wildman–Crippen MR) is 104 cm³/mol. The van der Waals surface area contributed by atoms with Gasteiger partial charge in [0.1, 0.15) is 0 Å². The Kier molecular flexibility index (Phi) is 5.37. The van der Waals surface area contributed by atoms with Gasteiger partial charge in [-0.2, -0.15) is 0 Å². The molecule has 0 radical (unpaired) electrons. The predicted octanol–water partition coefficient (Wildman–Crippen LogP) is 4.59. The lowest BCUT2D eigenvalue weighted by Crippen LogP contribution is -2.40. The van der Waals surface area contributed by atoms with Crippen LogP contribution in [0.4, 0.5) is 0 Å². The molecule has 1 amide bonds. The third-order valence-electron chi connectivity index (χ3n) is 4.08. The van der Waals surface area contributed by atoms with Crippen molar-refractivity contribution < 1.29 is 14.3 Å². The Balaban J connectivity index is 2.16. The fraction of sp³-hybridized carbons (Fsp3) is 0.389. The molecule has 0 saturated carbocycles. The van der Waals surface area contributed by atoms with Crippen molar-refractivity contribution in [3.05, 3.63) is 45.1 Å². The summed E-state index contributed by atoms with van der Waals surface area (Å²) in [6.07, 6.45) is -0.287. The highest BCUT2D eigenvalue weighted by molar-refractivity contribution is 8.15. The molecule has 2 aliphatic rings. The van der Waals surface area contributed by atoms with Gasteiger partial charge >= 0.3 is 5.97 Å². The summed E-state index contributed by atoms with van der Waals surface area (Å²) in [6.45, 7) is 7.12. The molecule has 2 heterocycles. The number of hydrogen-bond acceptors (Lipinski definition) is 5. The van der Waals surface area contributed by atoms with E-state index in [4.69, 9.17) is 27.9 Å². The number of thioether (sulfide) groups is 1. The van der Waals surface area contributed by atoms with E-state index in [0.29, 0.717) is 32.0 Å². The standard InChI is InChI=1S/C18H18Cl2N2O3S/c1-8(2)25-17(24)14-9(3)21-18-22(16(23)10(4)26-18)15(14)11-5-6-12(19)13(20)7-11/h5-8,10,15H,1-4H3/t10-,15-/m0/s1. The molecule has 5 nitrogen and oxygen atoms in total. The van der Waals surface area contributed by atoms with E-state index >= 15 is 0 Å². The third-order valence-corrected chi connectivity index (χ3v) is 5.87. The van der Waals surface area contributed by atoms with Crippen LogP contribution in [0.3, 0.4) is 0 Å². The molecule has 0 unspecified atom stereocenters. The number of benzene rings is 1. The Hall–Kier alpha value is -1.50. The SMILES string of the molecule is CC1=C(C(=O)OC(C)C)[C@H](c2ccc(Cl)c(Cl)c2)N2C(=O)[C@H](C)SC2=N1. The van der Waals surface area contributed by atoms with Gasteiger partial charge in [0.05, 0.1) is 38.7 Å². The summed E-state index contributed by atoms with van der Waals surface area (Å²) in [5.74, 6) is -0.596. The van der Waals surface area contributed by atoms with E-state index in [0.717, 1.165) is 0 Å². The number of ether oxygens (including phenoxy) is 1. The van der Waals surface area contributed by atoms with E-state index in [-0.39, 0.29) is 17.3 Å². The number of rotatable bonds is 3. The quantitative estimate of drug-likeness (QED) is 0.680. The topological polar surface area (TPSA) is 59.0 Å². The van der Waals surface area contributed by atoms with Crippen molar-refractivity contribution in [2.45, 2.75) is 45.1 Å². The van der Waals surface area contributed by atoms with Crippen molar-refractivity contribution >= 4 is 52.0 Å². The monoisotopic (exact) mass is 412 g/mol. The van der Waals surface area contributed by atoms with E-state index in [9.17, 15) is 9.59 Å². The summed E-state index contributed by atoms with van der Waals surface area (Å²) in [4.78, 5) is 31.6. The largest absolute Gasteiger partial charge is 0.459 e. The molecule has 0 aliphatic carbocycles. The first kappa shape index (κ1) is 19.3. The lowest BCUT2D eigenvalue weighted by Gasteiger charge is -2.33. The van der Waals surface area contributed by atoms with Crippen LogP contribution in [0, 0.1) is 0 Å². The molecule has 1 fully saturated rings. The second kappa shape index (κ2) is 7.25. The number of nitrogens with zero attached hydrogens (tertiary/aromatic N) is 2. The van der Waals surface area contributed by atoms with Crippen LogP contribution >= 0.6 is 35.0 Å². The molecule has 0 N–H and O–H groups in total. The summed E-state index contributed by atoms with van der Waals surface area (Å²) >= 11 is 13.6. The highest BCUT2D eigenvalue weighted by Crippen LogP contribution is 2.44. The van der Waals surface area contributed by atoms with Crippen molar-refractivity contribution in [3.8, 4) is 0 Å². The lowest BCUT2D eigenvalue weighted by molar-refractivity contribution is -0.143. The van der Waals surface area contributed by atoms with Crippen LogP contribution < -0.4 is 0 Å². The van der Waals surface area contributed by atoms with Gasteiger partial charge in [-0.05, 0) is 45.4 Å². The van der Waals surface area contributed by atoms with Crippen LogP contribution in [0.1, 0.15) is 39.3 Å². The lowest BCUT2D eigenvalue weighted by atomic mass is 9.94. The van der Waals surface area contributed by atoms with E-state index in [1.807, 2.05) is 6.92 Å². The fourth-order valence-electron chi connectivity index (χ4n) is 2.94. The number of hydrogen-bond donors (Lipinski definition) is 0. The zero-order valence-corrected chi connectivity index (χ0v) is 17.1. The number of allylic oxidation sites excluding steroid dienone is 1. The smallest absolute Gasteiger partial charge is 0.338 e. The van der Waals surface area contributed by atoms with Gasteiger partial charge < -0.3 is 4.74 Å². The van der Waals surface area contributed by atoms with E-state index in [2.05, 4.69) is 4.99 Å². The molecule has 8 heteroatoms. The maximum absolute atomic E-state index is 12.8. The Labute approximate surface area is 166 Å². The van der Waals surface area contributed by atoms with Gasteiger partial charge in [-0.3, -0.25) is 9.69 Å². The third kappa shape index (κ3) is 3.38. The first-order valence-electron chi connectivity index (χ1n) is 8.15. The fourth-order valence-corrected chi connectivity index (χ4v) is 4.27. The molecule has 0 spiro atoms. The van der Waals surface area contributed by atoms with Gasteiger partial charge in [0, 0.05) is 0 Å². The Morgan fingerprint density at radius 1 is 1.31 bits per heavy atom. The van der Waals surface area contributed by atoms with Crippen molar-refractivity contribution in [1.82, 2.24) is 4.90 Å². The molecular weight excluding hydrogens is 395 g/mol. The number of esters is 1. The Morgan fingerprint density at radius 2 is 2.00 bits per heavy atom. The maximum Gasteiger partial charge on any atom is 0.338 e. The normalized spacial score (nSPS) is 22.7. The van der Waals surface area contributed by atoms with Gasteiger partial charge in [-0.15, -0.1) is 0 Å². The van der Waals surface area contributed by atoms with Gasteiger partial charge in [0.2, 0.25) is 5.91 Å². The molecule has 0 bridgehead atoms. The highest BCUT2D eigenvalue weighted by Gasteiger charge is 2.46. The molecule has 3 rings (SSSR count). The second-order valence-electron chi connectivity index (χ2n) is 6.39. The van der Waals surface area contributed by atoms with Crippen molar-refractivity contribution in [1.29, 1.82) is 0 Å². The molecule has 2 atom stereocenters. The number of carbonyl (C=O) groups excluding carboxylic acids is 2. The number of amidine groups is 1. The van der Waals surface area contributed by atoms with Gasteiger partial charge in [-0.25, -0.2) is 9.79 Å². The van der Waals surface area contributed by atoms with Crippen molar-refractivity contribution in [3.63, 3.8) is 0 Å². The molecule has 1 aromatic rings. The van der Waals surface area contributed by atoms with Crippen LogP contribution in [0.15, 0.2) is 34.5 Å². The van der Waals surface area contributed by atoms with Gasteiger partial charge in [0.25, 0.3) is 0 Å². The summed E-state index contributed by atoms with van der Waals surface area (Å²) < 4.78 is 5.41. The summed E-state index contributed by atoms with van der Waals surface area (Å²) in [6, 6.07) is 4.45. The first-order chi connectivity index (χ1) is 12.2. The Morgan fingerprint density at radius 3 is 2.62 bits per heavy atom. The average molecular weight is 413 g/mol. The summed E-state index contributed by atoms with van der Waals surface area (Å²) in [7, 11) is 0. The molecule has 0 aromatic heterocycles. The van der Waals surface area contributed by atoms with E-state index < -0.39 is 12.0 Å². The first-order valence-corrected chi connectivity index (χ1v) is 9.79. The average Bonchev–Trinajstić information content (AvgIpc) is 2.82. The number of fused-ring (bicyclic) bond motifs is 1. The van der Waals surface area contributed by atoms with Crippen LogP contribution in [0.5, 0.6) is 0 Å². The summed E-state index contributed by atoms with van der Waals surface area (Å²) in [5.41, 5.74) is 1.56. The highest BCUT2D eigenvalue weighted by atomic mass is 35.5. The Bertz CT molecular complexity index is 851. The molecule has 138 valence electrons. The van der Waals surface area contributed by atoms with Crippen LogP contribution in [-0.2, 0) is 14.3 Å². The summed E-state index contributed by atoms with van der Waals surface area (Å²) in [5, 5.41) is 1.07. The van der Waals surface area contributed by atoms with Crippen LogP contribution in [0.25, 0.3) is 0 Å². The van der Waals surface area contributed by atoms with Gasteiger partial charge in [-0.1, -0.05) is 41.0 Å². The molecule has 1 aromatic carbocycles.